The summed E-state index contributed by atoms with van der Waals surface area (Å²) in [6.07, 6.45) is -1.48. The van der Waals surface area contributed by atoms with Crippen molar-refractivity contribution in [2.75, 3.05) is 19.0 Å². The van der Waals surface area contributed by atoms with E-state index in [4.69, 9.17) is 9.47 Å². The molecular formula is C27H26N2O6. The third-order valence-electron chi connectivity index (χ3n) is 5.95. The average Bonchev–Trinajstić information content (AvgIpc) is 3.16. The second kappa shape index (κ2) is 10.3. The van der Waals surface area contributed by atoms with Gasteiger partial charge in [-0.25, -0.2) is 4.79 Å². The third-order valence-corrected chi connectivity index (χ3v) is 5.95. The maximum atomic E-state index is 12.8. The summed E-state index contributed by atoms with van der Waals surface area (Å²) in [5, 5.41) is 14.3. The van der Waals surface area contributed by atoms with Gasteiger partial charge in [-0.3, -0.25) is 9.59 Å². The van der Waals surface area contributed by atoms with Gasteiger partial charge in [0, 0.05) is 5.92 Å². The smallest absolute Gasteiger partial charge is 0.407 e. The third kappa shape index (κ3) is 5.27. The summed E-state index contributed by atoms with van der Waals surface area (Å²) in [7, 11) is 1.47. The number of aryl methyl sites for hydroxylation is 1. The molecule has 0 aliphatic heterocycles. The van der Waals surface area contributed by atoms with Gasteiger partial charge >= 0.3 is 12.1 Å². The van der Waals surface area contributed by atoms with E-state index in [0.717, 1.165) is 27.8 Å². The fourth-order valence-corrected chi connectivity index (χ4v) is 4.29. The number of nitrogens with one attached hydrogen (secondary N) is 2. The van der Waals surface area contributed by atoms with Crippen molar-refractivity contribution in [3.05, 3.63) is 83.4 Å². The fourth-order valence-electron chi connectivity index (χ4n) is 4.29. The molecule has 1 unspecified atom stereocenters. The monoisotopic (exact) mass is 474 g/mol. The van der Waals surface area contributed by atoms with Gasteiger partial charge in [-0.1, -0.05) is 54.6 Å². The number of hydrogen-bond donors (Lipinski definition) is 3. The number of alkyl carbamates (subject to hydrolysis) is 1. The summed E-state index contributed by atoms with van der Waals surface area (Å²) < 4.78 is 10.7. The standard InChI is InChI=1S/C27H26N2O6/c1-16-11-12-22(24(13-16)34-2)28-26(32)23(14-25(30)31)29-27(33)35-15-21-19-9-5-3-7-17(19)18-8-4-6-10-20(18)21/h3-13,21,23H,14-15H2,1-2H3,(H,28,32)(H,29,33)(H,30,31). The van der Waals surface area contributed by atoms with Gasteiger partial charge in [0.1, 0.15) is 18.4 Å². The zero-order valence-electron chi connectivity index (χ0n) is 19.4. The summed E-state index contributed by atoms with van der Waals surface area (Å²) in [5.74, 6) is -1.66. The number of methoxy groups -OCH3 is 1. The first-order valence-electron chi connectivity index (χ1n) is 11.2. The van der Waals surface area contributed by atoms with Crippen LogP contribution in [0.1, 0.15) is 29.0 Å². The molecule has 3 aromatic carbocycles. The Labute approximate surface area is 202 Å². The Morgan fingerprint density at radius 1 is 0.971 bits per heavy atom. The van der Waals surface area contributed by atoms with Gasteiger partial charge in [0.2, 0.25) is 5.91 Å². The van der Waals surface area contributed by atoms with Crippen molar-refractivity contribution in [3.63, 3.8) is 0 Å². The molecule has 4 rings (SSSR count). The average molecular weight is 475 g/mol. The van der Waals surface area contributed by atoms with Crippen LogP contribution in [0.25, 0.3) is 11.1 Å². The Bertz CT molecular complexity index is 1230. The molecule has 1 atom stereocenters. The van der Waals surface area contributed by atoms with Crippen molar-refractivity contribution in [2.24, 2.45) is 0 Å². The summed E-state index contributed by atoms with van der Waals surface area (Å²) in [6, 6.07) is 19.7. The topological polar surface area (TPSA) is 114 Å². The van der Waals surface area contributed by atoms with Crippen LogP contribution in [-0.4, -0.2) is 42.8 Å². The van der Waals surface area contributed by atoms with Gasteiger partial charge in [-0.2, -0.15) is 0 Å². The van der Waals surface area contributed by atoms with E-state index < -0.39 is 30.4 Å². The van der Waals surface area contributed by atoms with Gasteiger partial charge in [0.25, 0.3) is 0 Å². The number of ether oxygens (including phenoxy) is 2. The van der Waals surface area contributed by atoms with E-state index in [-0.39, 0.29) is 12.5 Å². The van der Waals surface area contributed by atoms with Crippen LogP contribution in [-0.2, 0) is 14.3 Å². The summed E-state index contributed by atoms with van der Waals surface area (Å²) in [5.41, 5.74) is 5.58. The minimum absolute atomic E-state index is 0.0487. The lowest BCUT2D eigenvalue weighted by atomic mass is 9.98. The SMILES string of the molecule is COc1cc(C)ccc1NC(=O)C(CC(=O)O)NC(=O)OCC1c2ccccc2-c2ccccc21. The molecule has 0 spiro atoms. The molecule has 0 fully saturated rings. The van der Waals surface area contributed by atoms with Crippen molar-refractivity contribution in [1.29, 1.82) is 0 Å². The van der Waals surface area contributed by atoms with Crippen LogP contribution in [0, 0.1) is 6.92 Å². The van der Waals surface area contributed by atoms with Crippen molar-refractivity contribution in [2.45, 2.75) is 25.3 Å². The predicted octanol–water partition coefficient (Wildman–Crippen LogP) is 4.32. The van der Waals surface area contributed by atoms with Crippen LogP contribution in [0.5, 0.6) is 5.75 Å². The van der Waals surface area contributed by atoms with Crippen LogP contribution >= 0.6 is 0 Å². The number of carbonyl (C=O) groups excluding carboxylic acids is 2. The van der Waals surface area contributed by atoms with Gasteiger partial charge < -0.3 is 25.2 Å². The first-order valence-corrected chi connectivity index (χ1v) is 11.2. The van der Waals surface area contributed by atoms with E-state index in [0.29, 0.717) is 11.4 Å². The molecular weight excluding hydrogens is 448 g/mol. The lowest BCUT2D eigenvalue weighted by Crippen LogP contribution is -2.45. The lowest BCUT2D eigenvalue weighted by Gasteiger charge is -2.19. The first-order chi connectivity index (χ1) is 16.9. The molecule has 0 radical (unpaired) electrons. The molecule has 0 aromatic heterocycles. The number of rotatable bonds is 8. The zero-order chi connectivity index (χ0) is 24.9. The maximum Gasteiger partial charge on any atom is 0.407 e. The van der Waals surface area contributed by atoms with Gasteiger partial charge in [0.15, 0.2) is 0 Å². The Kier molecular flexibility index (Phi) is 7.01. The number of amides is 2. The van der Waals surface area contributed by atoms with E-state index in [2.05, 4.69) is 10.6 Å². The maximum absolute atomic E-state index is 12.8. The number of anilines is 1. The number of benzene rings is 3. The Morgan fingerprint density at radius 2 is 1.60 bits per heavy atom. The van der Waals surface area contributed by atoms with Crippen molar-refractivity contribution < 1.29 is 29.0 Å². The molecule has 1 aliphatic carbocycles. The van der Waals surface area contributed by atoms with Gasteiger partial charge in [0.05, 0.1) is 19.2 Å². The van der Waals surface area contributed by atoms with Crippen LogP contribution < -0.4 is 15.4 Å². The van der Waals surface area contributed by atoms with E-state index in [9.17, 15) is 19.5 Å². The minimum Gasteiger partial charge on any atom is -0.495 e. The summed E-state index contributed by atoms with van der Waals surface area (Å²) in [6.45, 7) is 1.92. The number of carbonyl (C=O) groups is 3. The Hall–Kier alpha value is -4.33. The number of carboxylic acids is 1. The molecule has 0 saturated carbocycles. The van der Waals surface area contributed by atoms with Crippen molar-refractivity contribution >= 4 is 23.7 Å². The molecule has 3 N–H and O–H groups in total. The number of carboxylic acid groups (broad SMARTS) is 1. The molecule has 2 amide bonds. The second-order valence-electron chi connectivity index (χ2n) is 8.31. The normalized spacial score (nSPS) is 12.7. The highest BCUT2D eigenvalue weighted by Crippen LogP contribution is 2.44. The lowest BCUT2D eigenvalue weighted by molar-refractivity contribution is -0.139. The molecule has 8 heteroatoms. The summed E-state index contributed by atoms with van der Waals surface area (Å²) in [4.78, 5) is 36.8. The van der Waals surface area contributed by atoms with Crippen LogP contribution in [0.15, 0.2) is 66.7 Å². The van der Waals surface area contributed by atoms with Crippen LogP contribution in [0.2, 0.25) is 0 Å². The molecule has 0 bridgehead atoms. The Balaban J connectivity index is 1.44. The van der Waals surface area contributed by atoms with Crippen LogP contribution in [0.3, 0.4) is 0 Å². The van der Waals surface area contributed by atoms with E-state index in [1.165, 1.54) is 7.11 Å². The van der Waals surface area contributed by atoms with E-state index >= 15 is 0 Å². The largest absolute Gasteiger partial charge is 0.495 e. The predicted molar refractivity (Wildman–Crippen MR) is 131 cm³/mol. The first kappa shape index (κ1) is 23.8. The van der Waals surface area contributed by atoms with Crippen molar-refractivity contribution in [1.82, 2.24) is 5.32 Å². The molecule has 1 aliphatic rings. The van der Waals surface area contributed by atoms with Crippen LogP contribution in [0.4, 0.5) is 10.5 Å². The number of fused-ring (bicyclic) bond motifs is 3. The molecule has 0 saturated heterocycles. The number of hydrogen-bond acceptors (Lipinski definition) is 5. The quantitative estimate of drug-likeness (QED) is 0.448. The van der Waals surface area contributed by atoms with Crippen molar-refractivity contribution in [3.8, 4) is 16.9 Å². The molecule has 3 aromatic rings. The van der Waals surface area contributed by atoms with Gasteiger partial charge in [-0.15, -0.1) is 0 Å². The molecule has 0 heterocycles. The minimum atomic E-state index is -1.34. The van der Waals surface area contributed by atoms with Gasteiger partial charge in [-0.05, 0) is 46.9 Å². The second-order valence-corrected chi connectivity index (χ2v) is 8.31. The summed E-state index contributed by atoms with van der Waals surface area (Å²) >= 11 is 0. The highest BCUT2D eigenvalue weighted by Gasteiger charge is 2.30. The highest BCUT2D eigenvalue weighted by molar-refractivity contribution is 5.99. The Morgan fingerprint density at radius 3 is 2.20 bits per heavy atom. The van der Waals surface area contributed by atoms with E-state index in [1.807, 2.05) is 55.5 Å². The van der Waals surface area contributed by atoms with E-state index in [1.54, 1.807) is 18.2 Å². The zero-order valence-corrected chi connectivity index (χ0v) is 19.4. The highest BCUT2D eigenvalue weighted by atomic mass is 16.5. The fraction of sp³-hybridized carbons (Fsp3) is 0.222. The molecule has 180 valence electrons. The molecule has 35 heavy (non-hydrogen) atoms. The number of aliphatic carboxylic acids is 1. The molecule has 8 nitrogen and oxygen atoms in total.